The molecule has 0 bridgehead atoms. The van der Waals surface area contributed by atoms with Crippen molar-refractivity contribution in [2.45, 2.75) is 26.4 Å². The van der Waals surface area contributed by atoms with Crippen LogP contribution in [0.3, 0.4) is 0 Å². The molecule has 0 saturated carbocycles. The summed E-state index contributed by atoms with van der Waals surface area (Å²) in [6.45, 7) is 2.54. The third-order valence-corrected chi connectivity index (χ3v) is 1.88. The van der Waals surface area contributed by atoms with E-state index in [0.717, 1.165) is 0 Å². The number of aliphatic hydroxyl groups excluding tert-OH is 2. The SMILES string of the molecule is CC(O)OOC(=O)c1ccc(C(=O)OOC(C)O)cc1. The molecule has 0 radical (unpaired) electrons. The minimum absolute atomic E-state index is 0.110. The predicted octanol–water partition coefficient (Wildman–Crippen LogP) is 0.540. The number of aliphatic hydroxyl groups is 2. The lowest BCUT2D eigenvalue weighted by atomic mass is 10.1. The number of hydrogen-bond donors (Lipinski definition) is 2. The molecule has 1 rings (SSSR count). The van der Waals surface area contributed by atoms with E-state index in [1.54, 1.807) is 0 Å². The zero-order chi connectivity index (χ0) is 15.1. The lowest BCUT2D eigenvalue weighted by Crippen LogP contribution is -2.14. The molecule has 0 aromatic heterocycles. The molecule has 0 heterocycles. The van der Waals surface area contributed by atoms with Gasteiger partial charge in [-0.3, -0.25) is 9.78 Å². The lowest BCUT2D eigenvalue weighted by Gasteiger charge is -2.07. The van der Waals surface area contributed by atoms with Gasteiger partial charge in [-0.25, -0.2) is 9.59 Å². The van der Waals surface area contributed by atoms with Crippen LogP contribution in [0.4, 0.5) is 0 Å². The maximum Gasteiger partial charge on any atom is 0.373 e. The Kier molecular flexibility index (Phi) is 6.07. The van der Waals surface area contributed by atoms with Crippen LogP contribution in [0.2, 0.25) is 0 Å². The third-order valence-electron chi connectivity index (χ3n) is 1.88. The predicted molar refractivity (Wildman–Crippen MR) is 62.8 cm³/mol. The van der Waals surface area contributed by atoms with Gasteiger partial charge in [-0.2, -0.15) is 9.78 Å². The van der Waals surface area contributed by atoms with Crippen LogP contribution in [0.5, 0.6) is 0 Å². The Balaban J connectivity index is 2.59. The minimum atomic E-state index is -1.24. The van der Waals surface area contributed by atoms with Gasteiger partial charge in [-0.05, 0) is 38.1 Å². The second-order valence-corrected chi connectivity index (χ2v) is 3.71. The first-order chi connectivity index (χ1) is 9.40. The first kappa shape index (κ1) is 16.1. The smallest absolute Gasteiger partial charge is 0.365 e. The van der Waals surface area contributed by atoms with E-state index in [0.29, 0.717) is 0 Å². The molecule has 0 fully saturated rings. The fourth-order valence-corrected chi connectivity index (χ4v) is 1.07. The summed E-state index contributed by atoms with van der Waals surface area (Å²) >= 11 is 0. The highest BCUT2D eigenvalue weighted by Crippen LogP contribution is 2.08. The van der Waals surface area contributed by atoms with Crippen molar-refractivity contribution in [3.8, 4) is 0 Å². The molecule has 2 atom stereocenters. The zero-order valence-corrected chi connectivity index (χ0v) is 10.8. The van der Waals surface area contributed by atoms with Gasteiger partial charge in [0.05, 0.1) is 11.1 Å². The summed E-state index contributed by atoms with van der Waals surface area (Å²) in [4.78, 5) is 40.0. The van der Waals surface area contributed by atoms with Crippen molar-refractivity contribution in [2.75, 3.05) is 0 Å². The fourth-order valence-electron chi connectivity index (χ4n) is 1.07. The van der Waals surface area contributed by atoms with Gasteiger partial charge in [0, 0.05) is 0 Å². The average molecular weight is 286 g/mol. The molecular formula is C12H14O8. The van der Waals surface area contributed by atoms with Crippen molar-refractivity contribution in [1.82, 2.24) is 0 Å². The largest absolute Gasteiger partial charge is 0.373 e. The molecule has 20 heavy (non-hydrogen) atoms. The van der Waals surface area contributed by atoms with Gasteiger partial charge in [0.25, 0.3) is 0 Å². The number of carbonyl (C=O) groups is 2. The molecule has 8 nitrogen and oxygen atoms in total. The highest BCUT2D eigenvalue weighted by Gasteiger charge is 2.13. The summed E-state index contributed by atoms with van der Waals surface area (Å²) < 4.78 is 0. The maximum absolute atomic E-state index is 11.4. The van der Waals surface area contributed by atoms with Crippen LogP contribution >= 0.6 is 0 Å². The first-order valence-corrected chi connectivity index (χ1v) is 5.61. The minimum Gasteiger partial charge on any atom is -0.365 e. The van der Waals surface area contributed by atoms with Crippen LogP contribution in [0.1, 0.15) is 34.6 Å². The zero-order valence-electron chi connectivity index (χ0n) is 10.8. The standard InChI is InChI=1S/C12H14O8/c1-7(13)17-19-11(15)9-3-5-10(6-4-9)12(16)20-18-8(2)14/h3-8,13-14H,1-2H3. The van der Waals surface area contributed by atoms with Gasteiger partial charge in [0.2, 0.25) is 0 Å². The normalized spacial score (nSPS) is 13.4. The van der Waals surface area contributed by atoms with Gasteiger partial charge in [-0.15, -0.1) is 0 Å². The quantitative estimate of drug-likeness (QED) is 0.443. The Morgan fingerprint density at radius 1 is 0.850 bits per heavy atom. The van der Waals surface area contributed by atoms with E-state index in [4.69, 9.17) is 10.2 Å². The van der Waals surface area contributed by atoms with E-state index in [9.17, 15) is 9.59 Å². The van der Waals surface area contributed by atoms with Crippen molar-refractivity contribution < 1.29 is 39.4 Å². The fraction of sp³-hybridized carbons (Fsp3) is 0.333. The van der Waals surface area contributed by atoms with Gasteiger partial charge in [0.1, 0.15) is 0 Å². The number of benzene rings is 1. The number of hydrogen-bond acceptors (Lipinski definition) is 8. The number of carbonyl (C=O) groups excluding carboxylic acids is 2. The van der Waals surface area contributed by atoms with Crippen molar-refractivity contribution in [3.05, 3.63) is 35.4 Å². The van der Waals surface area contributed by atoms with Gasteiger partial charge >= 0.3 is 11.9 Å². The van der Waals surface area contributed by atoms with Crippen molar-refractivity contribution >= 4 is 11.9 Å². The Morgan fingerprint density at radius 2 is 1.15 bits per heavy atom. The van der Waals surface area contributed by atoms with Crippen LogP contribution in [-0.2, 0) is 19.6 Å². The second kappa shape index (κ2) is 7.56. The Morgan fingerprint density at radius 3 is 1.40 bits per heavy atom. The lowest BCUT2D eigenvalue weighted by molar-refractivity contribution is -0.321. The molecule has 8 heteroatoms. The van der Waals surface area contributed by atoms with Crippen LogP contribution in [0.15, 0.2) is 24.3 Å². The van der Waals surface area contributed by atoms with E-state index in [2.05, 4.69) is 19.6 Å². The molecular weight excluding hydrogens is 272 g/mol. The van der Waals surface area contributed by atoms with Gasteiger partial charge in [0.15, 0.2) is 12.6 Å². The van der Waals surface area contributed by atoms with E-state index < -0.39 is 24.5 Å². The van der Waals surface area contributed by atoms with Crippen LogP contribution in [0, 0.1) is 0 Å². The van der Waals surface area contributed by atoms with Crippen molar-refractivity contribution in [3.63, 3.8) is 0 Å². The highest BCUT2D eigenvalue weighted by molar-refractivity contribution is 5.92. The van der Waals surface area contributed by atoms with Crippen LogP contribution < -0.4 is 0 Å². The Bertz CT molecular complexity index is 408. The summed E-state index contributed by atoms with van der Waals surface area (Å²) in [6.07, 6.45) is -2.49. The first-order valence-electron chi connectivity index (χ1n) is 5.61. The third kappa shape index (κ3) is 5.33. The molecule has 0 aliphatic carbocycles. The van der Waals surface area contributed by atoms with Gasteiger partial charge in [-0.1, -0.05) is 0 Å². The van der Waals surface area contributed by atoms with Crippen LogP contribution in [0.25, 0.3) is 0 Å². The summed E-state index contributed by atoms with van der Waals surface area (Å²) in [6, 6.07) is 5.19. The molecule has 1 aromatic rings. The van der Waals surface area contributed by atoms with Crippen LogP contribution in [-0.4, -0.2) is 34.7 Å². The average Bonchev–Trinajstić information content (AvgIpc) is 2.42. The molecule has 110 valence electrons. The maximum atomic E-state index is 11.4. The summed E-state index contributed by atoms with van der Waals surface area (Å²) in [7, 11) is 0. The molecule has 0 amide bonds. The van der Waals surface area contributed by atoms with E-state index in [1.165, 1.54) is 38.1 Å². The molecule has 2 N–H and O–H groups in total. The van der Waals surface area contributed by atoms with E-state index in [1.807, 2.05) is 0 Å². The van der Waals surface area contributed by atoms with Crippen molar-refractivity contribution in [1.29, 1.82) is 0 Å². The molecule has 2 unspecified atom stereocenters. The monoisotopic (exact) mass is 286 g/mol. The summed E-state index contributed by atoms with van der Waals surface area (Å²) in [5.41, 5.74) is 0.220. The van der Waals surface area contributed by atoms with E-state index >= 15 is 0 Å². The van der Waals surface area contributed by atoms with Crippen molar-refractivity contribution in [2.24, 2.45) is 0 Å². The van der Waals surface area contributed by atoms with E-state index in [-0.39, 0.29) is 11.1 Å². The molecule has 0 aliphatic heterocycles. The highest BCUT2D eigenvalue weighted by atomic mass is 17.2. The number of rotatable bonds is 6. The molecule has 1 aromatic carbocycles. The summed E-state index contributed by atoms with van der Waals surface area (Å²) in [5, 5.41) is 17.5. The topological polar surface area (TPSA) is 112 Å². The molecule has 0 spiro atoms. The Hall–Kier alpha value is -2.00. The van der Waals surface area contributed by atoms with Gasteiger partial charge < -0.3 is 10.2 Å². The summed E-state index contributed by atoms with van der Waals surface area (Å²) in [5.74, 6) is -1.66. The molecule has 0 aliphatic rings. The molecule has 0 saturated heterocycles. The second-order valence-electron chi connectivity index (χ2n) is 3.71. The Labute approximate surface area is 114 Å².